The molecule has 0 radical (unpaired) electrons. The van der Waals surface area contributed by atoms with Crippen LogP contribution in [0.5, 0.6) is 0 Å². The van der Waals surface area contributed by atoms with Gasteiger partial charge in [-0.05, 0) is 11.1 Å². The molecule has 6 heteroatoms. The maximum atomic E-state index is 8.64. The Balaban J connectivity index is 0.00000121. The Morgan fingerprint density at radius 2 is 1.82 bits per heavy atom. The molecule has 0 saturated heterocycles. The molecular formula is C11H14O6. The molecule has 0 spiro atoms. The summed E-state index contributed by atoms with van der Waals surface area (Å²) < 4.78 is 12.4. The Labute approximate surface area is 98.9 Å². The van der Waals surface area contributed by atoms with Crippen LogP contribution in [0.1, 0.15) is 17.2 Å². The third kappa shape index (κ3) is 5.58. The van der Waals surface area contributed by atoms with Crippen molar-refractivity contribution in [3.63, 3.8) is 0 Å². The second-order valence-corrected chi connectivity index (χ2v) is 3.06. The van der Waals surface area contributed by atoms with Gasteiger partial charge in [0.15, 0.2) is 0 Å². The Morgan fingerprint density at radius 1 is 1.24 bits per heavy atom. The first-order valence-corrected chi connectivity index (χ1v) is 4.66. The van der Waals surface area contributed by atoms with E-state index in [1.165, 1.54) is 7.11 Å². The number of benzene rings is 1. The molecule has 1 aromatic rings. The van der Waals surface area contributed by atoms with Gasteiger partial charge >= 0.3 is 11.3 Å². The van der Waals surface area contributed by atoms with Crippen molar-refractivity contribution in [3.05, 3.63) is 42.0 Å². The second kappa shape index (κ2) is 9.95. The molecule has 0 amide bonds. The summed E-state index contributed by atoms with van der Waals surface area (Å²) in [4.78, 5) is 8.27. The maximum absolute atomic E-state index is 8.64. The molecule has 0 aliphatic heterocycles. The van der Waals surface area contributed by atoms with Gasteiger partial charge in [-0.15, -0.1) is 0 Å². The summed E-state index contributed by atoms with van der Waals surface area (Å²) in [5, 5.41) is 16.9. The van der Waals surface area contributed by atoms with Crippen molar-refractivity contribution in [1.29, 1.82) is 0 Å². The summed E-state index contributed by atoms with van der Waals surface area (Å²) in [6.07, 6.45) is -0.501. The summed E-state index contributed by atoms with van der Waals surface area (Å²) in [5.74, 6) is 0. The van der Waals surface area contributed by atoms with Crippen LogP contribution in [0, 0.1) is 6.65 Å². The van der Waals surface area contributed by atoms with Crippen LogP contribution in [0.3, 0.4) is 0 Å². The quantitative estimate of drug-likeness (QED) is 0.344. The topological polar surface area (TPSA) is 88.1 Å². The molecule has 0 aliphatic rings. The average Bonchev–Trinajstić information content (AvgIpc) is 2.40. The number of hydrogen-bond acceptors (Lipinski definition) is 5. The Kier molecular flexibility index (Phi) is 9.22. The van der Waals surface area contributed by atoms with Gasteiger partial charge in [-0.2, -0.15) is 0 Å². The normalized spacial score (nSPS) is 11.4. The van der Waals surface area contributed by atoms with Crippen molar-refractivity contribution in [2.45, 2.75) is 12.7 Å². The fraction of sp³-hybridized carbons (Fsp3) is 0.364. The molecule has 0 bridgehead atoms. The third-order valence-electron chi connectivity index (χ3n) is 2.03. The van der Waals surface area contributed by atoms with Gasteiger partial charge in [-0.3, -0.25) is 10.5 Å². The molecule has 1 aromatic carbocycles. The summed E-state index contributed by atoms with van der Waals surface area (Å²) in [5.41, 5.74) is 1.62. The van der Waals surface area contributed by atoms with Crippen molar-refractivity contribution in [3.8, 4) is 0 Å². The predicted octanol–water partition coefficient (Wildman–Crippen LogP) is 1.82. The van der Waals surface area contributed by atoms with Crippen molar-refractivity contribution in [2.24, 2.45) is 0 Å². The van der Waals surface area contributed by atoms with Crippen LogP contribution in [-0.4, -0.2) is 24.2 Å². The van der Waals surface area contributed by atoms with Gasteiger partial charge in [0.25, 0.3) is 0 Å². The standard InChI is InChI=1S/C10H14O5.CO/c1-13-7-10(15-12)9-4-2-8(3-5-9)6-14-11;1-2/h2-5,10-12H,6-7H2,1H3;. The van der Waals surface area contributed by atoms with Gasteiger partial charge < -0.3 is 4.74 Å². The van der Waals surface area contributed by atoms with E-state index in [0.29, 0.717) is 0 Å². The van der Waals surface area contributed by atoms with E-state index in [1.807, 2.05) is 0 Å². The molecule has 2 N–H and O–H groups in total. The van der Waals surface area contributed by atoms with Crippen LogP contribution < -0.4 is 0 Å². The molecule has 1 rings (SSSR count). The molecule has 1 unspecified atom stereocenters. The van der Waals surface area contributed by atoms with E-state index in [0.717, 1.165) is 11.1 Å². The molecule has 0 aliphatic carbocycles. The van der Waals surface area contributed by atoms with E-state index in [2.05, 4.69) is 16.4 Å². The molecule has 0 saturated carbocycles. The minimum atomic E-state index is -0.501. The average molecular weight is 242 g/mol. The first-order valence-electron chi connectivity index (χ1n) is 4.66. The summed E-state index contributed by atoms with van der Waals surface area (Å²) in [6, 6.07) is 7.09. The van der Waals surface area contributed by atoms with Gasteiger partial charge in [0.2, 0.25) is 0 Å². The van der Waals surface area contributed by atoms with Crippen LogP contribution in [0.2, 0.25) is 0 Å². The van der Waals surface area contributed by atoms with Crippen molar-refractivity contribution >= 4 is 0 Å². The zero-order valence-corrected chi connectivity index (χ0v) is 9.33. The Bertz CT molecular complexity index is 307. The van der Waals surface area contributed by atoms with Crippen LogP contribution in [0.4, 0.5) is 0 Å². The van der Waals surface area contributed by atoms with Crippen molar-refractivity contribution < 1.29 is 29.7 Å². The monoisotopic (exact) mass is 242 g/mol. The van der Waals surface area contributed by atoms with E-state index >= 15 is 0 Å². The summed E-state index contributed by atoms with van der Waals surface area (Å²) in [6.45, 7) is 4.90. The van der Waals surface area contributed by atoms with Gasteiger partial charge in [-0.25, -0.2) is 9.78 Å². The SMILES string of the molecule is COCC(OO)c1ccc(COO)cc1.[C-]#[O+]. The molecule has 94 valence electrons. The first-order chi connectivity index (χ1) is 8.31. The fourth-order valence-corrected chi connectivity index (χ4v) is 1.24. The number of rotatable bonds is 6. The number of methoxy groups -OCH3 is 1. The fourth-order valence-electron chi connectivity index (χ4n) is 1.24. The van der Waals surface area contributed by atoms with Crippen LogP contribution in [0.15, 0.2) is 24.3 Å². The first kappa shape index (κ1) is 15.8. The van der Waals surface area contributed by atoms with E-state index in [4.69, 9.17) is 19.9 Å². The summed E-state index contributed by atoms with van der Waals surface area (Å²) in [7, 11) is 1.53. The third-order valence-corrected chi connectivity index (χ3v) is 2.03. The van der Waals surface area contributed by atoms with Crippen LogP contribution in [0.25, 0.3) is 0 Å². The van der Waals surface area contributed by atoms with Gasteiger partial charge in [0.05, 0.1) is 6.61 Å². The molecule has 1 atom stereocenters. The molecule has 0 fully saturated rings. The Hall–Kier alpha value is -1.24. The minimum absolute atomic E-state index is 0.134. The zero-order valence-electron chi connectivity index (χ0n) is 9.33. The molecule has 0 aromatic heterocycles. The number of hydrogen-bond donors (Lipinski definition) is 2. The van der Waals surface area contributed by atoms with Crippen molar-refractivity contribution in [2.75, 3.05) is 13.7 Å². The van der Waals surface area contributed by atoms with Crippen LogP contribution in [-0.2, 0) is 25.8 Å². The van der Waals surface area contributed by atoms with Gasteiger partial charge in [0.1, 0.15) is 12.7 Å². The number of ether oxygens (including phenoxy) is 1. The molecule has 17 heavy (non-hydrogen) atoms. The van der Waals surface area contributed by atoms with E-state index < -0.39 is 6.10 Å². The predicted molar refractivity (Wildman–Crippen MR) is 56.1 cm³/mol. The molecule has 6 nitrogen and oxygen atoms in total. The van der Waals surface area contributed by atoms with E-state index in [-0.39, 0.29) is 13.2 Å². The molecular weight excluding hydrogens is 228 g/mol. The Morgan fingerprint density at radius 3 is 2.24 bits per heavy atom. The second-order valence-electron chi connectivity index (χ2n) is 3.06. The molecule has 0 heterocycles. The zero-order chi connectivity index (χ0) is 13.1. The van der Waals surface area contributed by atoms with Gasteiger partial charge in [0, 0.05) is 7.11 Å². The van der Waals surface area contributed by atoms with E-state index in [1.54, 1.807) is 24.3 Å². The summed E-state index contributed by atoms with van der Waals surface area (Å²) >= 11 is 0. The van der Waals surface area contributed by atoms with Gasteiger partial charge in [-0.1, -0.05) is 24.3 Å². The van der Waals surface area contributed by atoms with Crippen molar-refractivity contribution in [1.82, 2.24) is 0 Å². The van der Waals surface area contributed by atoms with Crippen LogP contribution >= 0.6 is 0 Å². The van der Waals surface area contributed by atoms with E-state index in [9.17, 15) is 0 Å².